The SMILES string of the molecule is COc1ccc(C(=O)O)cc1NC(=O)Nc1ccn(C)n1. The molecule has 2 aromatic rings. The molecule has 0 aliphatic rings. The van der Waals surface area contributed by atoms with Crippen LogP contribution in [0.3, 0.4) is 0 Å². The fraction of sp³-hybridized carbons (Fsp3) is 0.154. The molecule has 110 valence electrons. The van der Waals surface area contributed by atoms with E-state index in [2.05, 4.69) is 15.7 Å². The van der Waals surface area contributed by atoms with Crippen LogP contribution in [-0.4, -0.2) is 34.0 Å². The first kappa shape index (κ1) is 14.4. The van der Waals surface area contributed by atoms with E-state index >= 15 is 0 Å². The molecule has 0 atom stereocenters. The fourth-order valence-corrected chi connectivity index (χ4v) is 1.69. The highest BCUT2D eigenvalue weighted by Gasteiger charge is 2.12. The molecular weight excluding hydrogens is 276 g/mol. The predicted octanol–water partition coefficient (Wildman–Crippen LogP) is 1.77. The fourth-order valence-electron chi connectivity index (χ4n) is 1.69. The lowest BCUT2D eigenvalue weighted by Gasteiger charge is -2.11. The van der Waals surface area contributed by atoms with Crippen LogP contribution in [0.5, 0.6) is 5.75 Å². The summed E-state index contributed by atoms with van der Waals surface area (Å²) in [5.41, 5.74) is 0.301. The van der Waals surface area contributed by atoms with E-state index in [-0.39, 0.29) is 11.3 Å². The van der Waals surface area contributed by atoms with Gasteiger partial charge in [0.05, 0.1) is 18.4 Å². The summed E-state index contributed by atoms with van der Waals surface area (Å²) in [5, 5.41) is 18.0. The number of aromatic nitrogens is 2. The molecule has 1 aromatic heterocycles. The average Bonchev–Trinajstić information content (AvgIpc) is 2.83. The Morgan fingerprint density at radius 2 is 2.05 bits per heavy atom. The van der Waals surface area contributed by atoms with Crippen molar-refractivity contribution < 1.29 is 19.4 Å². The number of aromatic carboxylic acids is 1. The van der Waals surface area contributed by atoms with Crippen molar-refractivity contribution >= 4 is 23.5 Å². The topological polar surface area (TPSA) is 105 Å². The third kappa shape index (κ3) is 3.50. The molecule has 0 spiro atoms. The van der Waals surface area contributed by atoms with Gasteiger partial charge in [-0.1, -0.05) is 0 Å². The summed E-state index contributed by atoms with van der Waals surface area (Å²) in [6.07, 6.45) is 1.68. The van der Waals surface area contributed by atoms with Crippen LogP contribution in [0.1, 0.15) is 10.4 Å². The van der Waals surface area contributed by atoms with E-state index in [1.165, 1.54) is 25.3 Å². The molecule has 0 aliphatic carbocycles. The lowest BCUT2D eigenvalue weighted by molar-refractivity contribution is 0.0697. The maximum absolute atomic E-state index is 11.9. The number of ether oxygens (including phenoxy) is 1. The van der Waals surface area contributed by atoms with Gasteiger partial charge in [0, 0.05) is 19.3 Å². The first-order chi connectivity index (χ1) is 9.99. The number of carboxylic acid groups (broad SMARTS) is 1. The second-order valence-electron chi connectivity index (χ2n) is 4.17. The molecule has 3 N–H and O–H groups in total. The van der Waals surface area contributed by atoms with Crippen LogP contribution in [0.15, 0.2) is 30.5 Å². The van der Waals surface area contributed by atoms with Gasteiger partial charge in [-0.05, 0) is 18.2 Å². The number of hydrogen-bond acceptors (Lipinski definition) is 4. The van der Waals surface area contributed by atoms with E-state index in [1.54, 1.807) is 24.0 Å². The third-order valence-corrected chi connectivity index (χ3v) is 2.65. The number of urea groups is 1. The molecule has 1 heterocycles. The van der Waals surface area contributed by atoms with E-state index < -0.39 is 12.0 Å². The first-order valence-electron chi connectivity index (χ1n) is 5.98. The van der Waals surface area contributed by atoms with E-state index in [0.29, 0.717) is 11.6 Å². The molecule has 8 heteroatoms. The van der Waals surface area contributed by atoms with Gasteiger partial charge < -0.3 is 15.2 Å². The Morgan fingerprint density at radius 3 is 2.62 bits per heavy atom. The van der Waals surface area contributed by atoms with Crippen molar-refractivity contribution in [2.75, 3.05) is 17.7 Å². The van der Waals surface area contributed by atoms with E-state index in [9.17, 15) is 9.59 Å². The van der Waals surface area contributed by atoms with Crippen molar-refractivity contribution in [3.05, 3.63) is 36.0 Å². The minimum atomic E-state index is -1.09. The molecule has 0 radical (unpaired) electrons. The number of carboxylic acids is 1. The zero-order chi connectivity index (χ0) is 15.4. The number of aryl methyl sites for hydroxylation is 1. The van der Waals surface area contributed by atoms with Crippen LogP contribution in [0.2, 0.25) is 0 Å². The lowest BCUT2D eigenvalue weighted by Crippen LogP contribution is -2.20. The maximum atomic E-state index is 11.9. The zero-order valence-corrected chi connectivity index (χ0v) is 11.5. The van der Waals surface area contributed by atoms with Crippen molar-refractivity contribution in [2.24, 2.45) is 7.05 Å². The summed E-state index contributed by atoms with van der Waals surface area (Å²) in [5.74, 6) is -0.356. The van der Waals surface area contributed by atoms with Crippen LogP contribution in [0.4, 0.5) is 16.3 Å². The van der Waals surface area contributed by atoms with Gasteiger partial charge in [0.25, 0.3) is 0 Å². The van der Waals surface area contributed by atoms with E-state index in [0.717, 1.165) is 0 Å². The van der Waals surface area contributed by atoms with Crippen molar-refractivity contribution in [1.82, 2.24) is 9.78 Å². The van der Waals surface area contributed by atoms with Crippen LogP contribution in [-0.2, 0) is 7.05 Å². The summed E-state index contributed by atoms with van der Waals surface area (Å²) in [7, 11) is 3.15. The van der Waals surface area contributed by atoms with Crippen molar-refractivity contribution in [1.29, 1.82) is 0 Å². The van der Waals surface area contributed by atoms with Gasteiger partial charge in [-0.25, -0.2) is 9.59 Å². The zero-order valence-electron chi connectivity index (χ0n) is 11.5. The number of nitrogens with zero attached hydrogens (tertiary/aromatic N) is 2. The second kappa shape index (κ2) is 5.95. The summed E-state index contributed by atoms with van der Waals surface area (Å²) in [6, 6.07) is 5.27. The molecule has 2 amide bonds. The van der Waals surface area contributed by atoms with Crippen LogP contribution < -0.4 is 15.4 Å². The number of rotatable bonds is 4. The molecule has 0 bridgehead atoms. The summed E-state index contributed by atoms with van der Waals surface area (Å²) >= 11 is 0. The maximum Gasteiger partial charge on any atom is 0.335 e. The predicted molar refractivity (Wildman–Crippen MR) is 75.8 cm³/mol. The van der Waals surface area contributed by atoms with E-state index in [4.69, 9.17) is 9.84 Å². The Bertz CT molecular complexity index is 681. The molecule has 8 nitrogen and oxygen atoms in total. The van der Waals surface area contributed by atoms with Crippen molar-refractivity contribution in [3.63, 3.8) is 0 Å². The highest BCUT2D eigenvalue weighted by Crippen LogP contribution is 2.25. The molecular formula is C13H14N4O4. The first-order valence-corrected chi connectivity index (χ1v) is 5.98. The van der Waals surface area contributed by atoms with Gasteiger partial charge in [0.1, 0.15) is 5.75 Å². The molecule has 0 fully saturated rings. The Balaban J connectivity index is 2.15. The van der Waals surface area contributed by atoms with Crippen LogP contribution >= 0.6 is 0 Å². The van der Waals surface area contributed by atoms with Gasteiger partial charge in [-0.3, -0.25) is 10.00 Å². The Labute approximate surface area is 120 Å². The number of hydrogen-bond donors (Lipinski definition) is 3. The molecule has 0 saturated carbocycles. The summed E-state index contributed by atoms with van der Waals surface area (Å²) in [4.78, 5) is 22.8. The summed E-state index contributed by atoms with van der Waals surface area (Å²) < 4.78 is 6.62. The number of anilines is 2. The molecule has 2 rings (SSSR count). The monoisotopic (exact) mass is 290 g/mol. The number of benzene rings is 1. The second-order valence-corrected chi connectivity index (χ2v) is 4.17. The Morgan fingerprint density at radius 1 is 1.29 bits per heavy atom. The third-order valence-electron chi connectivity index (χ3n) is 2.65. The highest BCUT2D eigenvalue weighted by atomic mass is 16.5. The van der Waals surface area contributed by atoms with Gasteiger partial charge in [0.15, 0.2) is 5.82 Å². The number of carbonyl (C=O) groups is 2. The smallest absolute Gasteiger partial charge is 0.335 e. The van der Waals surface area contributed by atoms with Gasteiger partial charge in [-0.15, -0.1) is 0 Å². The summed E-state index contributed by atoms with van der Waals surface area (Å²) in [6.45, 7) is 0. The Hall–Kier alpha value is -3.03. The van der Waals surface area contributed by atoms with Gasteiger partial charge >= 0.3 is 12.0 Å². The number of amides is 2. The van der Waals surface area contributed by atoms with Crippen molar-refractivity contribution in [3.8, 4) is 5.75 Å². The number of nitrogens with one attached hydrogen (secondary N) is 2. The standard InChI is InChI=1S/C13H14N4O4/c1-17-6-5-11(16-17)15-13(20)14-9-7-8(12(18)19)3-4-10(9)21-2/h3-7H,1-2H3,(H,18,19)(H2,14,15,16,20). The minimum absolute atomic E-state index is 0.0453. The normalized spacial score (nSPS) is 10.0. The molecule has 0 unspecified atom stereocenters. The van der Waals surface area contributed by atoms with Gasteiger partial charge in [-0.2, -0.15) is 5.10 Å². The molecule has 0 aliphatic heterocycles. The molecule has 0 saturated heterocycles. The van der Waals surface area contributed by atoms with Crippen molar-refractivity contribution in [2.45, 2.75) is 0 Å². The Kier molecular flexibility index (Phi) is 4.07. The highest BCUT2D eigenvalue weighted by molar-refractivity contribution is 6.01. The van der Waals surface area contributed by atoms with Crippen LogP contribution in [0, 0.1) is 0 Å². The largest absolute Gasteiger partial charge is 0.495 e. The minimum Gasteiger partial charge on any atom is -0.495 e. The van der Waals surface area contributed by atoms with Crippen LogP contribution in [0.25, 0.3) is 0 Å². The number of methoxy groups -OCH3 is 1. The molecule has 21 heavy (non-hydrogen) atoms. The quantitative estimate of drug-likeness (QED) is 0.795. The van der Waals surface area contributed by atoms with Gasteiger partial charge in [0.2, 0.25) is 0 Å². The lowest BCUT2D eigenvalue weighted by atomic mass is 10.2. The average molecular weight is 290 g/mol. The molecule has 1 aromatic carbocycles. The van der Waals surface area contributed by atoms with E-state index in [1.807, 2.05) is 0 Å². The number of carbonyl (C=O) groups excluding carboxylic acids is 1.